The molecule has 3 atom stereocenters. The summed E-state index contributed by atoms with van der Waals surface area (Å²) < 4.78 is 1.88. The Morgan fingerprint density at radius 2 is 1.90 bits per heavy atom. The molecule has 0 radical (unpaired) electrons. The molecule has 116 valence electrons. The first-order chi connectivity index (χ1) is 9.82. The van der Waals surface area contributed by atoms with Gasteiger partial charge in [0.05, 0.1) is 0 Å². The standard InChI is InChI=1S/C17H28N4/c1-15-5-12-6-16(2,8-15)10-17(7-12,9-15)13(18)4-14-19-11-20-21(14)3/h11-13H,4-10,18H2,1-3H3. The maximum absolute atomic E-state index is 6.77. The van der Waals surface area contributed by atoms with Crippen molar-refractivity contribution in [3.63, 3.8) is 0 Å². The average Bonchev–Trinajstić information content (AvgIpc) is 2.70. The Kier molecular flexibility index (Phi) is 2.68. The molecule has 0 aromatic carbocycles. The van der Waals surface area contributed by atoms with Crippen LogP contribution in [0.25, 0.3) is 0 Å². The predicted molar refractivity (Wildman–Crippen MR) is 82.5 cm³/mol. The van der Waals surface area contributed by atoms with Gasteiger partial charge in [-0.25, -0.2) is 4.98 Å². The van der Waals surface area contributed by atoms with E-state index < -0.39 is 0 Å². The zero-order valence-electron chi connectivity index (χ0n) is 13.6. The van der Waals surface area contributed by atoms with Crippen molar-refractivity contribution < 1.29 is 0 Å². The molecule has 4 aliphatic carbocycles. The Balaban J connectivity index is 1.63. The number of hydrogen-bond acceptors (Lipinski definition) is 3. The summed E-state index contributed by atoms with van der Waals surface area (Å²) in [4.78, 5) is 4.39. The van der Waals surface area contributed by atoms with Crippen LogP contribution in [0.3, 0.4) is 0 Å². The fraction of sp³-hybridized carbons (Fsp3) is 0.882. The number of nitrogens with two attached hydrogens (primary N) is 1. The van der Waals surface area contributed by atoms with Gasteiger partial charge in [0.15, 0.2) is 0 Å². The molecule has 21 heavy (non-hydrogen) atoms. The van der Waals surface area contributed by atoms with Gasteiger partial charge in [0.1, 0.15) is 12.2 Å². The van der Waals surface area contributed by atoms with E-state index in [4.69, 9.17) is 5.73 Å². The predicted octanol–water partition coefficient (Wildman–Crippen LogP) is 2.68. The average molecular weight is 288 g/mol. The molecular formula is C17H28N4. The number of aryl methyl sites for hydroxylation is 1. The largest absolute Gasteiger partial charge is 0.327 e. The smallest absolute Gasteiger partial charge is 0.138 e. The number of rotatable bonds is 3. The van der Waals surface area contributed by atoms with Crippen molar-refractivity contribution in [3.8, 4) is 0 Å². The summed E-state index contributed by atoms with van der Waals surface area (Å²) in [5.74, 6) is 1.94. The summed E-state index contributed by atoms with van der Waals surface area (Å²) in [5, 5.41) is 4.19. The van der Waals surface area contributed by atoms with Crippen LogP contribution in [0.15, 0.2) is 6.33 Å². The van der Waals surface area contributed by atoms with Crippen molar-refractivity contribution >= 4 is 0 Å². The van der Waals surface area contributed by atoms with Gasteiger partial charge in [-0.2, -0.15) is 5.10 Å². The first-order valence-electron chi connectivity index (χ1n) is 8.40. The molecule has 4 aliphatic rings. The van der Waals surface area contributed by atoms with Gasteiger partial charge in [0, 0.05) is 19.5 Å². The minimum atomic E-state index is 0.224. The molecule has 3 unspecified atom stereocenters. The van der Waals surface area contributed by atoms with Crippen LogP contribution < -0.4 is 5.73 Å². The van der Waals surface area contributed by atoms with E-state index in [9.17, 15) is 0 Å². The van der Waals surface area contributed by atoms with Crippen LogP contribution in [0.4, 0.5) is 0 Å². The lowest BCUT2D eigenvalue weighted by atomic mass is 9.39. The van der Waals surface area contributed by atoms with Crippen LogP contribution in [-0.4, -0.2) is 20.8 Å². The molecule has 1 aromatic heterocycles. The maximum Gasteiger partial charge on any atom is 0.138 e. The van der Waals surface area contributed by atoms with Crippen LogP contribution >= 0.6 is 0 Å². The van der Waals surface area contributed by atoms with Gasteiger partial charge in [-0.3, -0.25) is 4.68 Å². The number of aromatic nitrogens is 3. The van der Waals surface area contributed by atoms with Gasteiger partial charge < -0.3 is 5.73 Å². The molecule has 1 aromatic rings. The SMILES string of the molecule is Cn1ncnc1CC(N)C12CC3CC(C)(CC(C)(C3)C1)C2. The highest BCUT2D eigenvalue weighted by Gasteiger charge is 2.61. The number of hydrogen-bond donors (Lipinski definition) is 1. The highest BCUT2D eigenvalue weighted by Crippen LogP contribution is 2.70. The lowest BCUT2D eigenvalue weighted by molar-refractivity contribution is -0.153. The van der Waals surface area contributed by atoms with Crippen molar-refractivity contribution in [2.24, 2.45) is 34.9 Å². The van der Waals surface area contributed by atoms with E-state index in [0.717, 1.165) is 18.2 Å². The van der Waals surface area contributed by atoms with E-state index in [1.807, 2.05) is 11.7 Å². The van der Waals surface area contributed by atoms with Gasteiger partial charge in [-0.05, 0) is 60.7 Å². The molecule has 4 heteroatoms. The molecule has 1 heterocycles. The van der Waals surface area contributed by atoms with Crippen molar-refractivity contribution in [1.29, 1.82) is 0 Å². The molecular weight excluding hydrogens is 260 g/mol. The molecule has 5 rings (SSSR count). The molecule has 0 aliphatic heterocycles. The van der Waals surface area contributed by atoms with Crippen LogP contribution in [0.2, 0.25) is 0 Å². The fourth-order valence-electron chi connectivity index (χ4n) is 6.87. The summed E-state index contributed by atoms with van der Waals surface area (Å²) in [6.07, 6.45) is 10.8. The van der Waals surface area contributed by atoms with Crippen LogP contribution in [-0.2, 0) is 13.5 Å². The third-order valence-electron chi connectivity index (χ3n) is 6.66. The Bertz CT molecular complexity index is 545. The molecule has 4 nitrogen and oxygen atoms in total. The van der Waals surface area contributed by atoms with Crippen molar-refractivity contribution in [3.05, 3.63) is 12.2 Å². The Labute approximate surface area is 127 Å². The van der Waals surface area contributed by atoms with Crippen LogP contribution in [0.5, 0.6) is 0 Å². The second-order valence-electron chi connectivity index (χ2n) is 9.10. The highest BCUT2D eigenvalue weighted by molar-refractivity contribution is 5.14. The second-order valence-corrected chi connectivity index (χ2v) is 9.10. The number of nitrogens with zero attached hydrogens (tertiary/aromatic N) is 3. The van der Waals surface area contributed by atoms with E-state index in [0.29, 0.717) is 16.2 Å². The topological polar surface area (TPSA) is 56.7 Å². The molecule has 0 amide bonds. The Hall–Kier alpha value is -0.900. The van der Waals surface area contributed by atoms with Gasteiger partial charge in [0.2, 0.25) is 0 Å². The van der Waals surface area contributed by atoms with E-state index in [1.165, 1.54) is 38.5 Å². The lowest BCUT2D eigenvalue weighted by Crippen LogP contribution is -2.61. The summed E-state index contributed by atoms with van der Waals surface area (Å²) in [7, 11) is 1.97. The summed E-state index contributed by atoms with van der Waals surface area (Å²) in [6.45, 7) is 5.03. The van der Waals surface area contributed by atoms with Gasteiger partial charge in [-0.15, -0.1) is 0 Å². The summed E-state index contributed by atoms with van der Waals surface area (Å²) in [5.41, 5.74) is 8.18. The Morgan fingerprint density at radius 3 is 2.43 bits per heavy atom. The highest BCUT2D eigenvalue weighted by atomic mass is 15.3. The Morgan fingerprint density at radius 1 is 1.24 bits per heavy atom. The van der Waals surface area contributed by atoms with Crippen molar-refractivity contribution in [1.82, 2.24) is 14.8 Å². The minimum Gasteiger partial charge on any atom is -0.327 e. The van der Waals surface area contributed by atoms with E-state index in [-0.39, 0.29) is 6.04 Å². The molecule has 0 saturated heterocycles. The van der Waals surface area contributed by atoms with Gasteiger partial charge in [0.25, 0.3) is 0 Å². The monoisotopic (exact) mass is 288 g/mol. The molecule has 4 saturated carbocycles. The van der Waals surface area contributed by atoms with Gasteiger partial charge >= 0.3 is 0 Å². The molecule has 0 spiro atoms. The molecule has 2 N–H and O–H groups in total. The maximum atomic E-state index is 6.77. The minimum absolute atomic E-state index is 0.224. The normalized spacial score (nSPS) is 46.0. The van der Waals surface area contributed by atoms with Crippen LogP contribution in [0, 0.1) is 22.2 Å². The summed E-state index contributed by atoms with van der Waals surface area (Å²) >= 11 is 0. The van der Waals surface area contributed by atoms with E-state index in [2.05, 4.69) is 23.9 Å². The van der Waals surface area contributed by atoms with Crippen molar-refractivity contribution in [2.75, 3.05) is 0 Å². The van der Waals surface area contributed by atoms with Gasteiger partial charge in [-0.1, -0.05) is 13.8 Å². The summed E-state index contributed by atoms with van der Waals surface area (Å²) in [6, 6.07) is 0.224. The molecule has 4 fully saturated rings. The van der Waals surface area contributed by atoms with E-state index >= 15 is 0 Å². The zero-order valence-corrected chi connectivity index (χ0v) is 13.6. The van der Waals surface area contributed by atoms with Crippen LogP contribution in [0.1, 0.15) is 58.2 Å². The first-order valence-corrected chi connectivity index (χ1v) is 8.40. The zero-order chi connectivity index (χ0) is 14.9. The third kappa shape index (κ3) is 2.06. The second kappa shape index (κ2) is 4.09. The van der Waals surface area contributed by atoms with Crippen molar-refractivity contribution in [2.45, 2.75) is 64.8 Å². The van der Waals surface area contributed by atoms with E-state index in [1.54, 1.807) is 6.33 Å². The fourth-order valence-corrected chi connectivity index (χ4v) is 6.87. The third-order valence-corrected chi connectivity index (χ3v) is 6.66. The lowest BCUT2D eigenvalue weighted by Gasteiger charge is -2.67. The molecule has 4 bridgehead atoms. The quantitative estimate of drug-likeness (QED) is 0.930. The first kappa shape index (κ1) is 13.7.